The van der Waals surface area contributed by atoms with E-state index >= 15 is 0 Å². The Balaban J connectivity index is 1.43. The first-order valence-electron chi connectivity index (χ1n) is 8.80. The van der Waals surface area contributed by atoms with Crippen LogP contribution in [0.2, 0.25) is 0 Å². The van der Waals surface area contributed by atoms with Crippen LogP contribution in [-0.4, -0.2) is 35.8 Å². The second-order valence-corrected chi connectivity index (χ2v) is 7.82. The van der Waals surface area contributed by atoms with E-state index in [-0.39, 0.29) is 5.75 Å². The highest BCUT2D eigenvalue weighted by Crippen LogP contribution is 2.47. The van der Waals surface area contributed by atoms with E-state index in [1.165, 1.54) is 28.9 Å². The minimum atomic E-state index is -4.75. The van der Waals surface area contributed by atoms with E-state index in [0.717, 1.165) is 28.2 Å². The van der Waals surface area contributed by atoms with Gasteiger partial charge in [-0.15, -0.1) is 29.6 Å². The van der Waals surface area contributed by atoms with Gasteiger partial charge in [0.1, 0.15) is 28.7 Å². The number of fused-ring (bicyclic) bond motifs is 1. The van der Waals surface area contributed by atoms with Crippen molar-refractivity contribution in [2.45, 2.75) is 31.2 Å². The minimum Gasteiger partial charge on any atom is -0.406 e. The number of hydrogen-bond donors (Lipinski definition) is 1. The first-order chi connectivity index (χ1) is 13.9. The molecule has 0 spiro atoms. The number of aromatic nitrogens is 5. The molecule has 29 heavy (non-hydrogen) atoms. The lowest BCUT2D eigenvalue weighted by Crippen LogP contribution is -2.17. The average molecular weight is 421 g/mol. The molecule has 1 fully saturated rings. The highest BCUT2D eigenvalue weighted by Gasteiger charge is 2.33. The molecule has 3 heterocycles. The maximum absolute atomic E-state index is 12.3. The Morgan fingerprint density at radius 3 is 2.66 bits per heavy atom. The second kappa shape index (κ2) is 6.56. The van der Waals surface area contributed by atoms with E-state index in [0.29, 0.717) is 17.3 Å². The highest BCUT2D eigenvalue weighted by atomic mass is 32.1. The van der Waals surface area contributed by atoms with Crippen molar-refractivity contribution in [3.8, 4) is 11.4 Å². The molecular weight excluding hydrogens is 407 g/mol. The molecule has 1 aliphatic carbocycles. The smallest absolute Gasteiger partial charge is 0.406 e. The van der Waals surface area contributed by atoms with Crippen LogP contribution in [0.15, 0.2) is 43.0 Å². The Labute approximate surface area is 166 Å². The zero-order valence-electron chi connectivity index (χ0n) is 14.7. The van der Waals surface area contributed by atoms with Crippen LogP contribution in [0, 0.1) is 0 Å². The zero-order valence-corrected chi connectivity index (χ0v) is 15.6. The van der Waals surface area contributed by atoms with Gasteiger partial charge in [0.25, 0.3) is 0 Å². The van der Waals surface area contributed by atoms with Crippen LogP contribution in [0.5, 0.6) is 5.75 Å². The summed E-state index contributed by atoms with van der Waals surface area (Å²) in [5, 5.41) is 19.1. The average Bonchev–Trinajstić information content (AvgIpc) is 3.08. The van der Waals surface area contributed by atoms with E-state index in [2.05, 4.69) is 20.0 Å². The second-order valence-electron chi connectivity index (χ2n) is 6.76. The van der Waals surface area contributed by atoms with Gasteiger partial charge in [-0.1, -0.05) is 5.21 Å². The predicted octanol–water partition coefficient (Wildman–Crippen LogP) is 3.83. The number of benzene rings is 1. The molecule has 1 unspecified atom stereocenters. The van der Waals surface area contributed by atoms with E-state index in [9.17, 15) is 18.3 Å². The van der Waals surface area contributed by atoms with Crippen molar-refractivity contribution in [3.63, 3.8) is 0 Å². The van der Waals surface area contributed by atoms with Crippen LogP contribution in [0.4, 0.5) is 13.2 Å². The third kappa shape index (κ3) is 3.47. The molecule has 0 aliphatic heterocycles. The largest absolute Gasteiger partial charge is 0.573 e. The van der Waals surface area contributed by atoms with Gasteiger partial charge in [-0.3, -0.25) is 4.40 Å². The predicted molar refractivity (Wildman–Crippen MR) is 97.1 cm³/mol. The Morgan fingerprint density at radius 1 is 1.21 bits per heavy atom. The molecule has 0 bridgehead atoms. The molecule has 1 N–H and O–H groups in total. The van der Waals surface area contributed by atoms with Crippen molar-refractivity contribution < 1.29 is 23.0 Å². The minimum absolute atomic E-state index is 0.323. The monoisotopic (exact) mass is 421 g/mol. The van der Waals surface area contributed by atoms with Gasteiger partial charge in [0.15, 0.2) is 0 Å². The van der Waals surface area contributed by atoms with Crippen LogP contribution in [0.25, 0.3) is 10.5 Å². The van der Waals surface area contributed by atoms with Crippen molar-refractivity contribution in [1.82, 2.24) is 24.4 Å². The number of hydrogen-bond acceptors (Lipinski definition) is 6. The maximum atomic E-state index is 12.3. The molecule has 3 aromatic heterocycles. The summed E-state index contributed by atoms with van der Waals surface area (Å²) in [5.41, 5.74) is 1.58. The van der Waals surface area contributed by atoms with Crippen molar-refractivity contribution in [1.29, 1.82) is 0 Å². The van der Waals surface area contributed by atoms with Gasteiger partial charge < -0.3 is 9.84 Å². The van der Waals surface area contributed by atoms with Crippen LogP contribution in [0.3, 0.4) is 0 Å². The zero-order chi connectivity index (χ0) is 20.2. The van der Waals surface area contributed by atoms with Crippen molar-refractivity contribution in [2.24, 2.45) is 0 Å². The Kier molecular flexibility index (Phi) is 4.10. The SMILES string of the molecule is OC(c1cn(-c2ccc(OC(F)(F)F)cc2)nn1)c1c(C2CC2)sc2cncn12. The van der Waals surface area contributed by atoms with E-state index < -0.39 is 12.5 Å². The van der Waals surface area contributed by atoms with Gasteiger partial charge in [0.05, 0.1) is 23.8 Å². The summed E-state index contributed by atoms with van der Waals surface area (Å²) in [4.78, 5) is 6.21. The van der Waals surface area contributed by atoms with Crippen molar-refractivity contribution in [2.75, 3.05) is 0 Å². The summed E-state index contributed by atoms with van der Waals surface area (Å²) < 4.78 is 44.0. The Hall–Kier alpha value is -2.92. The fourth-order valence-electron chi connectivity index (χ4n) is 3.20. The number of aliphatic hydroxyl groups is 1. The molecule has 1 atom stereocenters. The third-order valence-corrected chi connectivity index (χ3v) is 5.94. The van der Waals surface area contributed by atoms with Crippen molar-refractivity contribution >= 4 is 16.2 Å². The maximum Gasteiger partial charge on any atom is 0.573 e. The molecule has 1 aromatic carbocycles. The normalized spacial score (nSPS) is 15.7. The lowest BCUT2D eigenvalue weighted by molar-refractivity contribution is -0.274. The molecule has 1 aliphatic rings. The van der Waals surface area contributed by atoms with Gasteiger partial charge in [-0.25, -0.2) is 9.67 Å². The quantitative estimate of drug-likeness (QED) is 0.530. The first kappa shape index (κ1) is 18.1. The number of halogens is 3. The fraction of sp³-hybridized carbons (Fsp3) is 0.278. The van der Waals surface area contributed by atoms with Gasteiger partial charge in [-0.05, 0) is 43.0 Å². The molecule has 0 radical (unpaired) electrons. The Morgan fingerprint density at radius 2 is 1.97 bits per heavy atom. The fourth-order valence-corrected chi connectivity index (χ4v) is 4.50. The van der Waals surface area contributed by atoms with Crippen LogP contribution < -0.4 is 4.74 Å². The molecule has 7 nitrogen and oxygen atoms in total. The lowest BCUT2D eigenvalue weighted by Gasteiger charge is -2.10. The number of imidazole rings is 1. The molecule has 0 saturated heterocycles. The molecule has 5 rings (SSSR count). The third-order valence-electron chi connectivity index (χ3n) is 4.66. The first-order valence-corrected chi connectivity index (χ1v) is 9.62. The highest BCUT2D eigenvalue weighted by molar-refractivity contribution is 7.17. The number of thiazole rings is 1. The number of ether oxygens (including phenoxy) is 1. The standard InChI is InChI=1S/C18H14F3N5O2S/c19-18(20,21)28-12-5-3-11(4-6-12)26-8-13(23-24-26)16(27)15-17(10-1-2-10)29-14-7-22-9-25(14)15/h3-10,16,27H,1-2H2. The lowest BCUT2D eigenvalue weighted by atomic mass is 10.1. The van der Waals surface area contributed by atoms with Crippen LogP contribution >= 0.6 is 11.3 Å². The van der Waals surface area contributed by atoms with Crippen LogP contribution in [0.1, 0.15) is 41.1 Å². The number of aliphatic hydroxyl groups excluding tert-OH is 1. The van der Waals surface area contributed by atoms with E-state index in [1.54, 1.807) is 30.1 Å². The summed E-state index contributed by atoms with van der Waals surface area (Å²) in [6.07, 6.45) is 1.43. The van der Waals surface area contributed by atoms with E-state index in [1.807, 2.05) is 4.40 Å². The molecule has 1 saturated carbocycles. The molecular formula is C18H14F3N5O2S. The summed E-state index contributed by atoms with van der Waals surface area (Å²) in [7, 11) is 0. The van der Waals surface area contributed by atoms with Gasteiger partial charge in [-0.2, -0.15) is 0 Å². The number of nitrogens with zero attached hydrogens (tertiary/aromatic N) is 5. The summed E-state index contributed by atoms with van der Waals surface area (Å²) in [6.45, 7) is 0. The van der Waals surface area contributed by atoms with Gasteiger partial charge >= 0.3 is 6.36 Å². The number of alkyl halides is 3. The van der Waals surface area contributed by atoms with E-state index in [4.69, 9.17) is 0 Å². The van der Waals surface area contributed by atoms with Gasteiger partial charge in [0.2, 0.25) is 0 Å². The number of rotatable bonds is 5. The summed E-state index contributed by atoms with van der Waals surface area (Å²) in [6, 6.07) is 5.25. The molecule has 0 amide bonds. The van der Waals surface area contributed by atoms with Crippen LogP contribution in [-0.2, 0) is 0 Å². The molecule has 150 valence electrons. The van der Waals surface area contributed by atoms with Gasteiger partial charge in [0, 0.05) is 4.88 Å². The molecule has 11 heteroatoms. The van der Waals surface area contributed by atoms with Crippen molar-refractivity contribution in [3.05, 3.63) is 59.3 Å². The topological polar surface area (TPSA) is 77.5 Å². The summed E-state index contributed by atoms with van der Waals surface area (Å²) >= 11 is 1.61. The summed E-state index contributed by atoms with van der Waals surface area (Å²) in [5.74, 6) is 0.122. The Bertz CT molecular complexity index is 1160. The molecule has 4 aromatic rings.